The second kappa shape index (κ2) is 6.34. The molecular weight excluding hydrogens is 272 g/mol. The number of carbonyl (C=O) groups excluding carboxylic acids is 1. The molecule has 0 unspecified atom stereocenters. The van der Waals surface area contributed by atoms with Gasteiger partial charge < -0.3 is 0 Å². The molecule has 1 aromatic rings. The van der Waals surface area contributed by atoms with E-state index in [-0.39, 0.29) is 5.78 Å². The van der Waals surface area contributed by atoms with Gasteiger partial charge in [0.1, 0.15) is 0 Å². The Bertz CT molecular complexity index is 455. The van der Waals surface area contributed by atoms with E-state index in [4.69, 9.17) is 11.6 Å². The largest absolute Gasteiger partial charge is 0.290 e. The first kappa shape index (κ1) is 12.8. The fourth-order valence-corrected chi connectivity index (χ4v) is 3.75. The predicted molar refractivity (Wildman–Crippen MR) is 78.5 cm³/mol. The van der Waals surface area contributed by atoms with Gasteiger partial charge in [0.05, 0.1) is 0 Å². The van der Waals surface area contributed by atoms with Crippen LogP contribution in [0.3, 0.4) is 0 Å². The van der Waals surface area contributed by atoms with Crippen molar-refractivity contribution in [2.75, 3.05) is 11.5 Å². The Morgan fingerprint density at radius 1 is 1.18 bits per heavy atom. The standard InChI is InChI=1S/C13H11ClOS2/c14-11-4-1-10(2-5-11)3-6-12(15)9-13-16-7-8-17-13/h1-6,9H,7-8H2. The Morgan fingerprint density at radius 3 is 2.47 bits per heavy atom. The van der Waals surface area contributed by atoms with Gasteiger partial charge in [0.25, 0.3) is 0 Å². The molecule has 1 heterocycles. The molecule has 0 atom stereocenters. The van der Waals surface area contributed by atoms with Crippen molar-refractivity contribution >= 4 is 47.0 Å². The lowest BCUT2D eigenvalue weighted by Gasteiger charge is -1.93. The Balaban J connectivity index is 1.98. The van der Waals surface area contributed by atoms with Crippen molar-refractivity contribution in [3.63, 3.8) is 0 Å². The molecule has 1 aromatic carbocycles. The van der Waals surface area contributed by atoms with Gasteiger partial charge in [0, 0.05) is 26.8 Å². The summed E-state index contributed by atoms with van der Waals surface area (Å²) in [6.07, 6.45) is 5.10. The molecule has 0 radical (unpaired) electrons. The van der Waals surface area contributed by atoms with Crippen LogP contribution in [0.5, 0.6) is 0 Å². The number of hydrogen-bond acceptors (Lipinski definition) is 3. The van der Waals surface area contributed by atoms with Gasteiger partial charge in [-0.15, -0.1) is 23.5 Å². The van der Waals surface area contributed by atoms with Gasteiger partial charge in [-0.05, 0) is 23.8 Å². The van der Waals surface area contributed by atoms with Gasteiger partial charge in [0.15, 0.2) is 5.78 Å². The predicted octanol–water partition coefficient (Wildman–Crippen LogP) is 4.24. The number of allylic oxidation sites excluding steroid dienone is 2. The van der Waals surface area contributed by atoms with Crippen LogP contribution in [0, 0.1) is 0 Å². The number of halogens is 1. The van der Waals surface area contributed by atoms with Gasteiger partial charge in [-0.25, -0.2) is 0 Å². The molecule has 17 heavy (non-hydrogen) atoms. The summed E-state index contributed by atoms with van der Waals surface area (Å²) in [4.78, 5) is 11.6. The SMILES string of the molecule is O=C(C=Cc1ccc(Cl)cc1)C=C1SCCS1. The highest BCUT2D eigenvalue weighted by Crippen LogP contribution is 2.35. The average molecular weight is 283 g/mol. The minimum Gasteiger partial charge on any atom is -0.290 e. The highest BCUT2D eigenvalue weighted by molar-refractivity contribution is 8.25. The van der Waals surface area contributed by atoms with Gasteiger partial charge in [-0.1, -0.05) is 29.8 Å². The maximum Gasteiger partial charge on any atom is 0.180 e. The van der Waals surface area contributed by atoms with E-state index in [0.29, 0.717) is 5.02 Å². The van der Waals surface area contributed by atoms with Crippen molar-refractivity contribution in [1.82, 2.24) is 0 Å². The minimum absolute atomic E-state index is 0.0387. The van der Waals surface area contributed by atoms with E-state index in [1.54, 1.807) is 41.8 Å². The molecule has 0 bridgehead atoms. The molecule has 1 aliphatic rings. The van der Waals surface area contributed by atoms with Crippen molar-refractivity contribution < 1.29 is 4.79 Å². The molecule has 0 N–H and O–H groups in total. The molecular formula is C13H11ClOS2. The van der Waals surface area contributed by atoms with Crippen molar-refractivity contribution in [3.05, 3.63) is 51.2 Å². The summed E-state index contributed by atoms with van der Waals surface area (Å²) in [5, 5.41) is 0.703. The van der Waals surface area contributed by atoms with Crippen molar-refractivity contribution in [3.8, 4) is 0 Å². The third kappa shape index (κ3) is 4.26. The summed E-state index contributed by atoms with van der Waals surface area (Å²) < 4.78 is 1.12. The number of rotatable bonds is 3. The zero-order chi connectivity index (χ0) is 12.1. The maximum absolute atomic E-state index is 11.6. The van der Waals surface area contributed by atoms with Crippen LogP contribution in [0.25, 0.3) is 6.08 Å². The first-order valence-electron chi connectivity index (χ1n) is 5.19. The molecule has 88 valence electrons. The number of benzene rings is 1. The summed E-state index contributed by atoms with van der Waals surface area (Å²) in [5.74, 6) is 2.24. The van der Waals surface area contributed by atoms with E-state index < -0.39 is 0 Å². The average Bonchev–Trinajstić information content (AvgIpc) is 2.81. The molecule has 0 amide bonds. The summed E-state index contributed by atoms with van der Waals surface area (Å²) >= 11 is 9.27. The molecule has 0 saturated carbocycles. The first-order chi connectivity index (χ1) is 8.24. The van der Waals surface area contributed by atoms with Crippen LogP contribution in [0.2, 0.25) is 5.02 Å². The number of hydrogen-bond donors (Lipinski definition) is 0. The summed E-state index contributed by atoms with van der Waals surface area (Å²) in [6.45, 7) is 0. The van der Waals surface area contributed by atoms with Crippen molar-refractivity contribution in [1.29, 1.82) is 0 Å². The zero-order valence-corrected chi connectivity index (χ0v) is 11.4. The van der Waals surface area contributed by atoms with E-state index in [0.717, 1.165) is 21.3 Å². The Labute approximate surface area is 114 Å². The van der Waals surface area contributed by atoms with Gasteiger partial charge in [-0.3, -0.25) is 4.79 Å². The third-order valence-corrected chi connectivity index (χ3v) is 4.98. The molecule has 2 rings (SSSR count). The molecule has 4 heteroatoms. The van der Waals surface area contributed by atoms with Gasteiger partial charge in [-0.2, -0.15) is 0 Å². The number of thioether (sulfide) groups is 2. The van der Waals surface area contributed by atoms with Crippen LogP contribution in [-0.2, 0) is 4.79 Å². The van der Waals surface area contributed by atoms with Crippen LogP contribution in [-0.4, -0.2) is 17.3 Å². The number of ketones is 1. The van der Waals surface area contributed by atoms with Crippen molar-refractivity contribution in [2.45, 2.75) is 0 Å². The molecule has 0 spiro atoms. The zero-order valence-electron chi connectivity index (χ0n) is 9.06. The lowest BCUT2D eigenvalue weighted by molar-refractivity contribution is -0.110. The second-order valence-corrected chi connectivity index (χ2v) is 6.42. The van der Waals surface area contributed by atoms with Gasteiger partial charge in [0.2, 0.25) is 0 Å². The fourth-order valence-electron chi connectivity index (χ4n) is 1.33. The van der Waals surface area contributed by atoms with Crippen LogP contribution < -0.4 is 0 Å². The van der Waals surface area contributed by atoms with E-state index in [1.807, 2.05) is 24.3 Å². The lowest BCUT2D eigenvalue weighted by atomic mass is 10.2. The fraction of sp³-hybridized carbons (Fsp3) is 0.154. The minimum atomic E-state index is 0.0387. The van der Waals surface area contributed by atoms with E-state index in [1.165, 1.54) is 0 Å². The topological polar surface area (TPSA) is 17.1 Å². The Kier molecular flexibility index (Phi) is 4.77. The van der Waals surface area contributed by atoms with E-state index in [2.05, 4.69) is 0 Å². The molecule has 1 saturated heterocycles. The second-order valence-electron chi connectivity index (χ2n) is 3.45. The summed E-state index contributed by atoms with van der Waals surface area (Å²) in [7, 11) is 0. The van der Waals surface area contributed by atoms with Crippen LogP contribution >= 0.6 is 35.1 Å². The molecule has 1 nitrogen and oxygen atoms in total. The Morgan fingerprint density at radius 2 is 1.82 bits per heavy atom. The Hall–Kier alpha value is -0.640. The molecule has 1 fully saturated rings. The van der Waals surface area contributed by atoms with E-state index >= 15 is 0 Å². The maximum atomic E-state index is 11.6. The molecule has 0 aliphatic carbocycles. The molecule has 1 aliphatic heterocycles. The third-order valence-electron chi connectivity index (χ3n) is 2.14. The highest BCUT2D eigenvalue weighted by Gasteiger charge is 2.08. The monoisotopic (exact) mass is 282 g/mol. The number of carbonyl (C=O) groups is 1. The summed E-state index contributed by atoms with van der Waals surface area (Å²) in [5.41, 5.74) is 0.980. The summed E-state index contributed by atoms with van der Waals surface area (Å²) in [6, 6.07) is 7.40. The van der Waals surface area contributed by atoms with Gasteiger partial charge >= 0.3 is 0 Å². The van der Waals surface area contributed by atoms with Crippen LogP contribution in [0.15, 0.2) is 40.7 Å². The molecule has 0 aromatic heterocycles. The van der Waals surface area contributed by atoms with Crippen molar-refractivity contribution in [2.24, 2.45) is 0 Å². The lowest BCUT2D eigenvalue weighted by Crippen LogP contribution is -1.85. The highest BCUT2D eigenvalue weighted by atomic mass is 35.5. The smallest absolute Gasteiger partial charge is 0.180 e. The first-order valence-corrected chi connectivity index (χ1v) is 7.54. The van der Waals surface area contributed by atoms with Crippen LogP contribution in [0.1, 0.15) is 5.56 Å². The van der Waals surface area contributed by atoms with Crippen LogP contribution in [0.4, 0.5) is 0 Å². The normalized spacial score (nSPS) is 15.5. The van der Waals surface area contributed by atoms with E-state index in [9.17, 15) is 4.79 Å². The quantitative estimate of drug-likeness (QED) is 0.772.